The highest BCUT2D eigenvalue weighted by atomic mass is 19.4. The van der Waals surface area contributed by atoms with Crippen molar-refractivity contribution in [2.24, 2.45) is 5.10 Å². The summed E-state index contributed by atoms with van der Waals surface area (Å²) in [6.07, 6.45) is -3.27. The smallest absolute Gasteiger partial charge is 0.416 e. The molecule has 0 aliphatic rings. The Balaban J connectivity index is 2.04. The first-order valence-corrected chi connectivity index (χ1v) is 8.13. The van der Waals surface area contributed by atoms with Gasteiger partial charge in [0.15, 0.2) is 18.1 Å². The molecule has 29 heavy (non-hydrogen) atoms. The van der Waals surface area contributed by atoms with Gasteiger partial charge in [0.25, 0.3) is 5.91 Å². The molecule has 0 saturated carbocycles. The molecule has 0 unspecified atom stereocenters. The molecule has 0 atom stereocenters. The number of benzene rings is 2. The van der Waals surface area contributed by atoms with Crippen molar-refractivity contribution in [1.29, 1.82) is 0 Å². The Bertz CT molecular complexity index is 913. The van der Waals surface area contributed by atoms with Crippen molar-refractivity contribution in [3.63, 3.8) is 0 Å². The lowest BCUT2D eigenvalue weighted by molar-refractivity contribution is -0.143. The molecule has 154 valence electrons. The Morgan fingerprint density at radius 2 is 1.86 bits per heavy atom. The molecule has 0 fully saturated rings. The minimum Gasteiger partial charge on any atom is -0.493 e. The number of hydrogen-bond acceptors (Lipinski definition) is 6. The summed E-state index contributed by atoms with van der Waals surface area (Å²) in [4.78, 5) is 23.1. The highest BCUT2D eigenvalue weighted by Gasteiger charge is 2.30. The maximum Gasteiger partial charge on any atom is 0.416 e. The van der Waals surface area contributed by atoms with Crippen molar-refractivity contribution in [3.8, 4) is 11.5 Å². The molecule has 1 amide bonds. The van der Waals surface area contributed by atoms with Gasteiger partial charge in [0.05, 0.1) is 26.0 Å². The van der Waals surface area contributed by atoms with E-state index in [1.54, 1.807) is 6.07 Å². The molecule has 2 rings (SSSR count). The van der Waals surface area contributed by atoms with Gasteiger partial charge in [-0.3, -0.25) is 4.79 Å². The van der Waals surface area contributed by atoms with Crippen molar-refractivity contribution in [2.45, 2.75) is 6.18 Å². The van der Waals surface area contributed by atoms with E-state index in [4.69, 9.17) is 9.47 Å². The maximum atomic E-state index is 12.7. The first-order valence-electron chi connectivity index (χ1n) is 8.13. The molecular formula is C19H17F3N2O5. The molecule has 0 saturated heterocycles. The van der Waals surface area contributed by atoms with Crippen molar-refractivity contribution >= 4 is 18.1 Å². The van der Waals surface area contributed by atoms with Gasteiger partial charge in [-0.25, -0.2) is 10.2 Å². The Labute approximate surface area is 164 Å². The third kappa shape index (κ3) is 6.23. The number of rotatable bonds is 7. The monoisotopic (exact) mass is 410 g/mol. The molecule has 0 bridgehead atoms. The SMILES string of the molecule is COC(=O)COc1ccc(/C=N\NC(=O)c2cccc(C(F)(F)F)c2)cc1OC. The summed E-state index contributed by atoms with van der Waals surface area (Å²) in [5, 5.41) is 3.73. The number of halogens is 3. The van der Waals surface area contributed by atoms with Crippen LogP contribution in [0.15, 0.2) is 47.6 Å². The minimum absolute atomic E-state index is 0.180. The van der Waals surface area contributed by atoms with Gasteiger partial charge in [0.1, 0.15) is 0 Å². The zero-order valence-corrected chi connectivity index (χ0v) is 15.4. The molecule has 0 heterocycles. The lowest BCUT2D eigenvalue weighted by Gasteiger charge is -2.10. The number of ether oxygens (including phenoxy) is 3. The average molecular weight is 410 g/mol. The lowest BCUT2D eigenvalue weighted by atomic mass is 10.1. The molecule has 10 heteroatoms. The van der Waals surface area contributed by atoms with E-state index in [-0.39, 0.29) is 12.2 Å². The van der Waals surface area contributed by atoms with Crippen LogP contribution < -0.4 is 14.9 Å². The minimum atomic E-state index is -4.55. The van der Waals surface area contributed by atoms with Gasteiger partial charge in [-0.1, -0.05) is 6.07 Å². The van der Waals surface area contributed by atoms with Gasteiger partial charge in [-0.15, -0.1) is 0 Å². The standard InChI is InChI=1S/C19H17F3N2O5/c1-27-16-8-12(6-7-15(16)29-11-17(25)28-2)10-23-24-18(26)13-4-3-5-14(9-13)19(20,21)22/h3-10H,11H2,1-2H3,(H,24,26)/b23-10-. The second-order valence-corrected chi connectivity index (χ2v) is 5.55. The summed E-state index contributed by atoms with van der Waals surface area (Å²) >= 11 is 0. The number of nitrogens with one attached hydrogen (secondary N) is 1. The largest absolute Gasteiger partial charge is 0.493 e. The van der Waals surface area contributed by atoms with E-state index in [1.165, 1.54) is 38.6 Å². The lowest BCUT2D eigenvalue weighted by Crippen LogP contribution is -2.18. The summed E-state index contributed by atoms with van der Waals surface area (Å²) in [5.74, 6) is -0.752. The van der Waals surface area contributed by atoms with Crippen molar-refractivity contribution < 1.29 is 37.0 Å². The number of amides is 1. The summed E-state index contributed by atoms with van der Waals surface area (Å²) in [6, 6.07) is 8.63. The van der Waals surface area contributed by atoms with Crippen molar-refractivity contribution in [2.75, 3.05) is 20.8 Å². The van der Waals surface area contributed by atoms with Gasteiger partial charge in [-0.2, -0.15) is 18.3 Å². The van der Waals surface area contributed by atoms with Crippen LogP contribution in [0.5, 0.6) is 11.5 Å². The van der Waals surface area contributed by atoms with Crippen LogP contribution in [0.3, 0.4) is 0 Å². The number of methoxy groups -OCH3 is 2. The molecule has 2 aromatic rings. The van der Waals surface area contributed by atoms with Crippen molar-refractivity contribution in [1.82, 2.24) is 5.43 Å². The summed E-state index contributed by atoms with van der Waals surface area (Å²) in [6.45, 7) is -0.298. The Hall–Kier alpha value is -3.56. The van der Waals surface area contributed by atoms with E-state index in [0.717, 1.165) is 18.2 Å². The zero-order valence-electron chi connectivity index (χ0n) is 15.4. The predicted octanol–water partition coefficient (Wildman–Crippen LogP) is 3.03. The third-order valence-electron chi connectivity index (χ3n) is 3.59. The molecule has 0 aromatic heterocycles. The number of esters is 1. The van der Waals surface area contributed by atoms with Crippen LogP contribution in [0.1, 0.15) is 21.5 Å². The molecule has 7 nitrogen and oxygen atoms in total. The normalized spacial score (nSPS) is 11.2. The highest BCUT2D eigenvalue weighted by molar-refractivity contribution is 5.95. The number of carbonyl (C=O) groups is 2. The summed E-state index contributed by atoms with van der Waals surface area (Å²) in [7, 11) is 2.63. The van der Waals surface area contributed by atoms with Gasteiger partial charge in [0.2, 0.25) is 0 Å². The van der Waals surface area contributed by atoms with Crippen LogP contribution in [-0.2, 0) is 15.7 Å². The molecular weight excluding hydrogens is 393 g/mol. The van der Waals surface area contributed by atoms with E-state index in [1.807, 2.05) is 0 Å². The number of nitrogens with zero attached hydrogens (tertiary/aromatic N) is 1. The average Bonchev–Trinajstić information content (AvgIpc) is 2.71. The fourth-order valence-electron chi connectivity index (χ4n) is 2.15. The van der Waals surface area contributed by atoms with Gasteiger partial charge < -0.3 is 14.2 Å². The number of alkyl halides is 3. The number of hydrazone groups is 1. The number of carbonyl (C=O) groups excluding carboxylic acids is 2. The van der Waals surface area contributed by atoms with E-state index in [9.17, 15) is 22.8 Å². The third-order valence-corrected chi connectivity index (χ3v) is 3.59. The van der Waals surface area contributed by atoms with E-state index >= 15 is 0 Å². The zero-order chi connectivity index (χ0) is 21.4. The second-order valence-electron chi connectivity index (χ2n) is 5.55. The first kappa shape index (κ1) is 21.7. The van der Waals surface area contributed by atoms with Crippen LogP contribution in [0, 0.1) is 0 Å². The van der Waals surface area contributed by atoms with Crippen LogP contribution in [0.4, 0.5) is 13.2 Å². The van der Waals surface area contributed by atoms with Crippen LogP contribution >= 0.6 is 0 Å². The van der Waals surface area contributed by atoms with Crippen LogP contribution in [-0.4, -0.2) is 38.9 Å². The van der Waals surface area contributed by atoms with Gasteiger partial charge in [-0.05, 0) is 42.0 Å². The van der Waals surface area contributed by atoms with Crippen LogP contribution in [0.2, 0.25) is 0 Å². The molecule has 0 aliphatic carbocycles. The number of hydrogen-bond donors (Lipinski definition) is 1. The maximum absolute atomic E-state index is 12.7. The molecule has 0 radical (unpaired) electrons. The van der Waals surface area contributed by atoms with Crippen molar-refractivity contribution in [3.05, 3.63) is 59.2 Å². The molecule has 1 N–H and O–H groups in total. The Morgan fingerprint density at radius 3 is 2.52 bits per heavy atom. The van der Waals surface area contributed by atoms with E-state index < -0.39 is 23.6 Å². The second kappa shape index (κ2) is 9.58. The predicted molar refractivity (Wildman–Crippen MR) is 97.0 cm³/mol. The Kier molecular flexibility index (Phi) is 7.18. The first-order chi connectivity index (χ1) is 13.7. The molecule has 2 aromatic carbocycles. The summed E-state index contributed by atoms with van der Waals surface area (Å²) < 4.78 is 53.1. The molecule has 0 spiro atoms. The van der Waals surface area contributed by atoms with Gasteiger partial charge in [0, 0.05) is 5.56 Å². The quantitative estimate of drug-likeness (QED) is 0.431. The topological polar surface area (TPSA) is 86.2 Å². The van der Waals surface area contributed by atoms with Gasteiger partial charge >= 0.3 is 12.1 Å². The van der Waals surface area contributed by atoms with E-state index in [2.05, 4.69) is 15.3 Å². The fraction of sp³-hybridized carbons (Fsp3) is 0.211. The Morgan fingerprint density at radius 1 is 1.10 bits per heavy atom. The fourth-order valence-corrected chi connectivity index (χ4v) is 2.15. The van der Waals surface area contributed by atoms with E-state index in [0.29, 0.717) is 17.1 Å². The molecule has 0 aliphatic heterocycles. The highest BCUT2D eigenvalue weighted by Crippen LogP contribution is 2.29. The van der Waals surface area contributed by atoms with Crippen LogP contribution in [0.25, 0.3) is 0 Å². The summed E-state index contributed by atoms with van der Waals surface area (Å²) in [5.41, 5.74) is 1.56.